The van der Waals surface area contributed by atoms with Gasteiger partial charge in [-0.1, -0.05) is 36.7 Å². The third-order valence-corrected chi connectivity index (χ3v) is 3.76. The van der Waals surface area contributed by atoms with E-state index in [1.165, 1.54) is 18.2 Å². The van der Waals surface area contributed by atoms with Gasteiger partial charge in [-0.3, -0.25) is 0 Å². The molecule has 1 aliphatic rings. The van der Waals surface area contributed by atoms with Crippen LogP contribution in [0, 0.1) is 0 Å². The number of carbonyl (C=O) groups excluding carboxylic acids is 1. The van der Waals surface area contributed by atoms with Crippen molar-refractivity contribution >= 4 is 5.97 Å². The fourth-order valence-electron chi connectivity index (χ4n) is 2.79. The Kier molecular flexibility index (Phi) is 3.30. The van der Waals surface area contributed by atoms with Gasteiger partial charge < -0.3 is 9.26 Å². The predicted octanol–water partition coefficient (Wildman–Crippen LogP) is 3.18. The van der Waals surface area contributed by atoms with Gasteiger partial charge in [0.2, 0.25) is 0 Å². The largest absolute Gasteiger partial charge is 0.464 e. The number of methoxy groups -OCH3 is 1. The zero-order valence-electron chi connectivity index (χ0n) is 11.7. The Morgan fingerprint density at radius 3 is 3.00 bits per heavy atom. The monoisotopic (exact) mass is 271 g/mol. The average Bonchev–Trinajstić information content (AvgIpc) is 2.90. The Morgan fingerprint density at radius 1 is 1.40 bits per heavy atom. The number of benzene rings is 1. The number of rotatable bonds is 3. The Bertz CT molecular complexity index is 658. The van der Waals surface area contributed by atoms with Gasteiger partial charge in [-0.2, -0.15) is 0 Å². The summed E-state index contributed by atoms with van der Waals surface area (Å²) in [7, 11) is 1.36. The van der Waals surface area contributed by atoms with Crippen molar-refractivity contribution < 1.29 is 14.1 Å². The first kappa shape index (κ1) is 12.9. The fraction of sp³-hybridized carbons (Fsp3) is 0.375. The van der Waals surface area contributed by atoms with Gasteiger partial charge in [0.1, 0.15) is 0 Å². The second-order valence-electron chi connectivity index (χ2n) is 5.07. The Morgan fingerprint density at radius 2 is 2.25 bits per heavy atom. The van der Waals surface area contributed by atoms with Crippen LogP contribution < -0.4 is 0 Å². The molecule has 0 spiro atoms. The van der Waals surface area contributed by atoms with Crippen LogP contribution in [-0.4, -0.2) is 18.2 Å². The first-order chi connectivity index (χ1) is 9.74. The van der Waals surface area contributed by atoms with Crippen LogP contribution in [0.2, 0.25) is 0 Å². The Balaban J connectivity index is 2.04. The summed E-state index contributed by atoms with van der Waals surface area (Å²) in [6.07, 6.45) is 3.90. The van der Waals surface area contributed by atoms with Crippen molar-refractivity contribution in [3.63, 3.8) is 0 Å². The molecule has 0 fully saturated rings. The molecule has 0 saturated heterocycles. The van der Waals surface area contributed by atoms with Crippen LogP contribution >= 0.6 is 0 Å². The number of aromatic nitrogens is 1. The maximum atomic E-state index is 11.7. The topological polar surface area (TPSA) is 52.3 Å². The van der Waals surface area contributed by atoms with E-state index in [4.69, 9.17) is 9.26 Å². The molecule has 1 heterocycles. The highest BCUT2D eigenvalue weighted by Gasteiger charge is 2.28. The van der Waals surface area contributed by atoms with E-state index < -0.39 is 5.97 Å². The third kappa shape index (κ3) is 2.01. The molecule has 104 valence electrons. The first-order valence-electron chi connectivity index (χ1n) is 6.93. The number of ether oxygens (including phenoxy) is 1. The number of aryl methyl sites for hydroxylation is 2. The van der Waals surface area contributed by atoms with Crippen LogP contribution in [0.3, 0.4) is 0 Å². The number of hydrogen-bond acceptors (Lipinski definition) is 4. The number of fused-ring (bicyclic) bond motifs is 3. The van der Waals surface area contributed by atoms with E-state index in [0.717, 1.165) is 42.6 Å². The van der Waals surface area contributed by atoms with Crippen LogP contribution in [0.5, 0.6) is 0 Å². The molecule has 20 heavy (non-hydrogen) atoms. The second kappa shape index (κ2) is 5.12. The van der Waals surface area contributed by atoms with E-state index in [1.54, 1.807) is 0 Å². The summed E-state index contributed by atoms with van der Waals surface area (Å²) < 4.78 is 10.1. The minimum atomic E-state index is -0.430. The molecule has 1 aromatic carbocycles. The van der Waals surface area contributed by atoms with Crippen LogP contribution in [0.15, 0.2) is 22.7 Å². The number of esters is 1. The molecule has 1 aromatic heterocycles. The summed E-state index contributed by atoms with van der Waals surface area (Å²) in [5, 5.41) is 3.88. The molecule has 1 aliphatic carbocycles. The molecular weight excluding hydrogens is 254 g/mol. The van der Waals surface area contributed by atoms with Gasteiger partial charge in [-0.15, -0.1) is 0 Å². The molecule has 2 aromatic rings. The highest BCUT2D eigenvalue weighted by atomic mass is 16.5. The second-order valence-corrected chi connectivity index (χ2v) is 5.07. The zero-order valence-corrected chi connectivity index (χ0v) is 11.7. The maximum Gasteiger partial charge on any atom is 0.360 e. The molecule has 0 N–H and O–H groups in total. The summed E-state index contributed by atoms with van der Waals surface area (Å²) >= 11 is 0. The molecule has 0 aliphatic heterocycles. The van der Waals surface area contributed by atoms with E-state index in [-0.39, 0.29) is 0 Å². The molecule has 0 saturated carbocycles. The summed E-state index contributed by atoms with van der Waals surface area (Å²) in [6, 6.07) is 6.43. The highest BCUT2D eigenvalue weighted by Crippen LogP contribution is 2.36. The van der Waals surface area contributed by atoms with Gasteiger partial charge >= 0.3 is 5.97 Å². The average molecular weight is 271 g/mol. The Hall–Kier alpha value is -2.10. The lowest BCUT2D eigenvalue weighted by Crippen LogP contribution is -2.09. The molecule has 0 radical (unpaired) electrons. The summed E-state index contributed by atoms with van der Waals surface area (Å²) in [5.74, 6) is 0.288. The van der Waals surface area contributed by atoms with Crippen molar-refractivity contribution in [2.75, 3.05) is 7.11 Å². The van der Waals surface area contributed by atoms with Crippen LogP contribution in [0.4, 0.5) is 0 Å². The predicted molar refractivity (Wildman–Crippen MR) is 74.7 cm³/mol. The van der Waals surface area contributed by atoms with Crippen LogP contribution in [0.1, 0.15) is 40.5 Å². The van der Waals surface area contributed by atoms with Crippen molar-refractivity contribution in [1.82, 2.24) is 5.16 Å². The quantitative estimate of drug-likeness (QED) is 0.804. The molecule has 4 heteroatoms. The molecule has 0 amide bonds. The van der Waals surface area contributed by atoms with Gasteiger partial charge in [0.05, 0.1) is 7.11 Å². The first-order valence-corrected chi connectivity index (χ1v) is 6.93. The SMILES string of the molecule is CCCc1ccc2c(c1)CCc1c(C(=O)OC)noc1-2. The molecule has 0 bridgehead atoms. The normalized spacial score (nSPS) is 12.7. The lowest BCUT2D eigenvalue weighted by Gasteiger charge is -2.15. The van der Waals surface area contributed by atoms with Crippen molar-refractivity contribution in [2.45, 2.75) is 32.6 Å². The maximum absolute atomic E-state index is 11.7. The van der Waals surface area contributed by atoms with Crippen LogP contribution in [0.25, 0.3) is 11.3 Å². The van der Waals surface area contributed by atoms with E-state index in [0.29, 0.717) is 5.69 Å². The minimum Gasteiger partial charge on any atom is -0.464 e. The van der Waals surface area contributed by atoms with Crippen LogP contribution in [-0.2, 0) is 24.0 Å². The van der Waals surface area contributed by atoms with Crippen molar-refractivity contribution in [1.29, 1.82) is 0 Å². The summed E-state index contributed by atoms with van der Waals surface area (Å²) in [4.78, 5) is 11.7. The van der Waals surface area contributed by atoms with Gasteiger partial charge in [0, 0.05) is 11.1 Å². The van der Waals surface area contributed by atoms with Crippen molar-refractivity contribution in [3.8, 4) is 11.3 Å². The van der Waals surface area contributed by atoms with Gasteiger partial charge in [0.15, 0.2) is 11.5 Å². The number of hydrogen-bond donors (Lipinski definition) is 0. The van der Waals surface area contributed by atoms with Gasteiger partial charge in [-0.25, -0.2) is 4.79 Å². The molecule has 4 nitrogen and oxygen atoms in total. The van der Waals surface area contributed by atoms with Crippen molar-refractivity contribution in [3.05, 3.63) is 40.6 Å². The highest BCUT2D eigenvalue weighted by molar-refractivity contribution is 5.91. The zero-order chi connectivity index (χ0) is 14.1. The molecule has 0 unspecified atom stereocenters. The number of carbonyl (C=O) groups is 1. The number of nitrogens with zero attached hydrogens (tertiary/aromatic N) is 1. The summed E-state index contributed by atoms with van der Waals surface area (Å²) in [6.45, 7) is 2.18. The van der Waals surface area contributed by atoms with E-state index in [2.05, 4.69) is 30.3 Å². The van der Waals surface area contributed by atoms with E-state index in [9.17, 15) is 4.79 Å². The third-order valence-electron chi connectivity index (χ3n) is 3.76. The summed E-state index contributed by atoms with van der Waals surface area (Å²) in [5.41, 5.74) is 4.85. The van der Waals surface area contributed by atoms with E-state index in [1.807, 2.05) is 0 Å². The molecular formula is C16H17NO3. The molecule has 3 rings (SSSR count). The minimum absolute atomic E-state index is 0.311. The lowest BCUT2D eigenvalue weighted by atomic mass is 9.88. The fourth-order valence-corrected chi connectivity index (χ4v) is 2.79. The standard InChI is InChI=1S/C16H17NO3/c1-3-4-10-5-7-12-11(9-10)6-8-13-14(16(18)19-2)17-20-15(12)13/h5,7,9H,3-4,6,8H2,1-2H3. The van der Waals surface area contributed by atoms with Gasteiger partial charge in [0.25, 0.3) is 0 Å². The molecule has 0 atom stereocenters. The van der Waals surface area contributed by atoms with Gasteiger partial charge in [-0.05, 0) is 30.4 Å². The van der Waals surface area contributed by atoms with E-state index >= 15 is 0 Å². The van der Waals surface area contributed by atoms with Crippen molar-refractivity contribution in [2.24, 2.45) is 0 Å². The lowest BCUT2D eigenvalue weighted by molar-refractivity contribution is 0.0588. The smallest absolute Gasteiger partial charge is 0.360 e. The Labute approximate surface area is 117 Å².